The van der Waals surface area contributed by atoms with Gasteiger partial charge in [0.15, 0.2) is 5.82 Å². The highest BCUT2D eigenvalue weighted by Gasteiger charge is 2.13. The molecule has 1 heterocycles. The zero-order chi connectivity index (χ0) is 14.2. The molecular formula is C14H23N3O3. The van der Waals surface area contributed by atoms with E-state index in [0.717, 1.165) is 6.42 Å². The lowest BCUT2D eigenvalue weighted by Gasteiger charge is -2.21. The summed E-state index contributed by atoms with van der Waals surface area (Å²) in [6.07, 6.45) is 7.50. The number of nitrogens with zero attached hydrogens (tertiary/aromatic N) is 1. The fourth-order valence-electron chi connectivity index (χ4n) is 2.34. The van der Waals surface area contributed by atoms with Crippen LogP contribution < -0.4 is 10.6 Å². The highest BCUT2D eigenvalue weighted by Crippen LogP contribution is 2.20. The third kappa shape index (κ3) is 5.21. The molecule has 2 amide bonds. The lowest BCUT2D eigenvalue weighted by atomic mass is 9.98. The molecule has 0 aromatic carbocycles. The Hall–Kier alpha value is -1.56. The van der Waals surface area contributed by atoms with Crippen LogP contribution >= 0.6 is 0 Å². The van der Waals surface area contributed by atoms with Crippen LogP contribution in [0.3, 0.4) is 0 Å². The number of ether oxygens (including phenoxy) is 1. The van der Waals surface area contributed by atoms with E-state index in [-0.39, 0.29) is 6.03 Å². The molecule has 1 aliphatic carbocycles. The quantitative estimate of drug-likeness (QED) is 0.786. The van der Waals surface area contributed by atoms with Crippen molar-refractivity contribution in [2.45, 2.75) is 51.6 Å². The summed E-state index contributed by atoms with van der Waals surface area (Å²) >= 11 is 0. The van der Waals surface area contributed by atoms with Crippen LogP contribution in [-0.4, -0.2) is 30.4 Å². The van der Waals surface area contributed by atoms with Crippen LogP contribution in [0.4, 0.5) is 10.6 Å². The molecule has 20 heavy (non-hydrogen) atoms. The van der Waals surface area contributed by atoms with Crippen LogP contribution in [0.5, 0.6) is 0 Å². The van der Waals surface area contributed by atoms with Gasteiger partial charge in [-0.25, -0.2) is 4.79 Å². The summed E-state index contributed by atoms with van der Waals surface area (Å²) in [7, 11) is 0. The molecule has 0 unspecified atom stereocenters. The Balaban J connectivity index is 1.51. The van der Waals surface area contributed by atoms with Crippen molar-refractivity contribution in [3.05, 3.63) is 11.8 Å². The topological polar surface area (TPSA) is 76.4 Å². The zero-order valence-corrected chi connectivity index (χ0v) is 12.0. The van der Waals surface area contributed by atoms with E-state index in [9.17, 15) is 4.79 Å². The summed E-state index contributed by atoms with van der Waals surface area (Å²) in [5.41, 5.74) is 0. The highest BCUT2D eigenvalue weighted by molar-refractivity contribution is 5.88. The van der Waals surface area contributed by atoms with E-state index in [0.29, 0.717) is 30.8 Å². The van der Waals surface area contributed by atoms with Crippen molar-refractivity contribution in [3.63, 3.8) is 0 Å². The molecule has 0 saturated heterocycles. The second kappa shape index (κ2) is 7.89. The zero-order valence-electron chi connectivity index (χ0n) is 12.0. The van der Waals surface area contributed by atoms with Crippen molar-refractivity contribution in [2.75, 3.05) is 18.5 Å². The molecule has 1 fully saturated rings. The van der Waals surface area contributed by atoms with Gasteiger partial charge in [-0.3, -0.25) is 5.32 Å². The Kier molecular flexibility index (Phi) is 5.86. The fourth-order valence-corrected chi connectivity index (χ4v) is 2.34. The molecule has 2 rings (SSSR count). The molecule has 112 valence electrons. The Morgan fingerprint density at radius 3 is 2.95 bits per heavy atom. The van der Waals surface area contributed by atoms with Crippen LogP contribution in [0.2, 0.25) is 0 Å². The highest BCUT2D eigenvalue weighted by atomic mass is 16.5. The largest absolute Gasteiger partial charge is 0.378 e. The monoisotopic (exact) mass is 281 g/mol. The van der Waals surface area contributed by atoms with E-state index in [1.807, 2.05) is 0 Å². The van der Waals surface area contributed by atoms with Gasteiger partial charge in [0.05, 0.1) is 6.10 Å². The first kappa shape index (κ1) is 14.8. The maximum absolute atomic E-state index is 11.5. The SMILES string of the molecule is Cc1cc(NC(=O)NCCCOC2CCCCC2)no1. The number of anilines is 1. The predicted molar refractivity (Wildman–Crippen MR) is 75.7 cm³/mol. The van der Waals surface area contributed by atoms with Crippen molar-refractivity contribution >= 4 is 11.8 Å². The predicted octanol–water partition coefficient (Wildman–Crippen LogP) is 2.84. The van der Waals surface area contributed by atoms with E-state index in [1.165, 1.54) is 32.1 Å². The maximum atomic E-state index is 11.5. The number of urea groups is 1. The summed E-state index contributed by atoms with van der Waals surface area (Å²) in [5, 5.41) is 9.06. The number of aromatic nitrogens is 1. The van der Waals surface area contributed by atoms with Gasteiger partial charge in [-0.2, -0.15) is 0 Å². The Morgan fingerprint density at radius 1 is 1.45 bits per heavy atom. The summed E-state index contributed by atoms with van der Waals surface area (Å²) in [4.78, 5) is 11.5. The molecule has 6 heteroatoms. The number of carbonyl (C=O) groups is 1. The maximum Gasteiger partial charge on any atom is 0.320 e. The van der Waals surface area contributed by atoms with Crippen LogP contribution in [0, 0.1) is 6.92 Å². The normalized spacial score (nSPS) is 16.1. The van der Waals surface area contributed by atoms with Gasteiger partial charge in [0, 0.05) is 19.2 Å². The van der Waals surface area contributed by atoms with E-state index in [1.54, 1.807) is 13.0 Å². The third-order valence-electron chi connectivity index (χ3n) is 3.38. The molecule has 6 nitrogen and oxygen atoms in total. The van der Waals surface area contributed by atoms with Gasteiger partial charge in [0.1, 0.15) is 5.76 Å². The number of hydrogen-bond acceptors (Lipinski definition) is 4. The van der Waals surface area contributed by atoms with E-state index in [4.69, 9.17) is 9.26 Å². The minimum absolute atomic E-state index is 0.268. The lowest BCUT2D eigenvalue weighted by molar-refractivity contribution is 0.0276. The summed E-state index contributed by atoms with van der Waals surface area (Å²) in [6, 6.07) is 1.40. The smallest absolute Gasteiger partial charge is 0.320 e. The first-order chi connectivity index (χ1) is 9.74. The van der Waals surface area contributed by atoms with E-state index >= 15 is 0 Å². The summed E-state index contributed by atoms with van der Waals surface area (Å²) in [5.74, 6) is 1.10. The Bertz CT molecular complexity index is 414. The van der Waals surface area contributed by atoms with Crippen molar-refractivity contribution in [1.82, 2.24) is 10.5 Å². The number of amides is 2. The molecule has 1 aliphatic rings. The molecule has 2 N–H and O–H groups in total. The van der Waals surface area contributed by atoms with E-state index in [2.05, 4.69) is 15.8 Å². The van der Waals surface area contributed by atoms with Crippen LogP contribution in [0.1, 0.15) is 44.3 Å². The number of rotatable bonds is 6. The minimum atomic E-state index is -0.268. The van der Waals surface area contributed by atoms with Gasteiger partial charge in [-0.1, -0.05) is 24.4 Å². The molecule has 1 aromatic rings. The first-order valence-electron chi connectivity index (χ1n) is 7.34. The fraction of sp³-hybridized carbons (Fsp3) is 0.714. The number of nitrogens with one attached hydrogen (secondary N) is 2. The average Bonchev–Trinajstić information content (AvgIpc) is 2.85. The summed E-state index contributed by atoms with van der Waals surface area (Å²) < 4.78 is 10.7. The molecule has 0 bridgehead atoms. The number of carbonyl (C=O) groups excluding carboxylic acids is 1. The average molecular weight is 281 g/mol. The minimum Gasteiger partial charge on any atom is -0.378 e. The van der Waals surface area contributed by atoms with Gasteiger partial charge >= 0.3 is 6.03 Å². The first-order valence-corrected chi connectivity index (χ1v) is 7.34. The molecule has 1 aromatic heterocycles. The number of aryl methyl sites for hydroxylation is 1. The van der Waals surface area contributed by atoms with Crippen molar-refractivity contribution < 1.29 is 14.1 Å². The second-order valence-electron chi connectivity index (χ2n) is 5.19. The summed E-state index contributed by atoms with van der Waals surface area (Å²) in [6.45, 7) is 3.07. The van der Waals surface area contributed by atoms with E-state index < -0.39 is 0 Å². The van der Waals surface area contributed by atoms with Gasteiger partial charge in [-0.05, 0) is 26.2 Å². The Labute approximate surface area is 119 Å². The van der Waals surface area contributed by atoms with Gasteiger partial charge in [-0.15, -0.1) is 0 Å². The van der Waals surface area contributed by atoms with Gasteiger partial charge in [0.2, 0.25) is 0 Å². The molecule has 0 radical (unpaired) electrons. The van der Waals surface area contributed by atoms with Crippen LogP contribution in [0.25, 0.3) is 0 Å². The van der Waals surface area contributed by atoms with Crippen LogP contribution in [0.15, 0.2) is 10.6 Å². The Morgan fingerprint density at radius 2 is 2.25 bits per heavy atom. The molecule has 1 saturated carbocycles. The molecular weight excluding hydrogens is 258 g/mol. The second-order valence-corrected chi connectivity index (χ2v) is 5.19. The third-order valence-corrected chi connectivity index (χ3v) is 3.38. The van der Waals surface area contributed by atoms with Gasteiger partial charge in [0.25, 0.3) is 0 Å². The van der Waals surface area contributed by atoms with Crippen molar-refractivity contribution in [3.8, 4) is 0 Å². The van der Waals surface area contributed by atoms with Gasteiger partial charge < -0.3 is 14.6 Å². The number of hydrogen-bond donors (Lipinski definition) is 2. The van der Waals surface area contributed by atoms with Crippen LogP contribution in [-0.2, 0) is 4.74 Å². The standard InChI is InChI=1S/C14H23N3O3/c1-11-10-13(17-20-11)16-14(18)15-8-5-9-19-12-6-3-2-4-7-12/h10,12H,2-9H2,1H3,(H2,15,16,17,18). The molecule has 0 spiro atoms. The molecule has 0 atom stereocenters. The molecule has 0 aliphatic heterocycles. The lowest BCUT2D eigenvalue weighted by Crippen LogP contribution is -2.30. The van der Waals surface area contributed by atoms with Crippen molar-refractivity contribution in [2.24, 2.45) is 0 Å². The van der Waals surface area contributed by atoms with Crippen molar-refractivity contribution in [1.29, 1.82) is 0 Å².